The van der Waals surface area contributed by atoms with Crippen LogP contribution >= 0.6 is 17.2 Å². The fourth-order valence-electron chi connectivity index (χ4n) is 2.59. The molecule has 0 heterocycles. The van der Waals surface area contributed by atoms with Crippen molar-refractivity contribution in [1.82, 2.24) is 0 Å². The van der Waals surface area contributed by atoms with Gasteiger partial charge >= 0.3 is 17.2 Å². The SMILES string of the molecule is CCCCOC(O)(OCCCC)C(CO)(CO)C(O)(CC)OCC.OP(O)O.OP(O)O. The van der Waals surface area contributed by atoms with Gasteiger partial charge in [0.15, 0.2) is 11.2 Å². The second kappa shape index (κ2) is 20.7. The molecule has 32 heavy (non-hydrogen) atoms. The highest BCUT2D eigenvalue weighted by Crippen LogP contribution is 2.45. The Kier molecular flexibility index (Phi) is 23.9. The van der Waals surface area contributed by atoms with Crippen LogP contribution in [0.5, 0.6) is 0 Å². The van der Waals surface area contributed by atoms with Gasteiger partial charge in [0.25, 0.3) is 5.97 Å². The van der Waals surface area contributed by atoms with Crippen LogP contribution < -0.4 is 0 Å². The van der Waals surface area contributed by atoms with Crippen LogP contribution in [0.4, 0.5) is 0 Å². The second-order valence-corrected chi connectivity index (χ2v) is 7.57. The lowest BCUT2D eigenvalue weighted by molar-refractivity contribution is -0.472. The van der Waals surface area contributed by atoms with E-state index in [-0.39, 0.29) is 26.2 Å². The van der Waals surface area contributed by atoms with Gasteiger partial charge in [0.05, 0.1) is 26.4 Å². The summed E-state index contributed by atoms with van der Waals surface area (Å²) in [5.41, 5.74) is -1.95. The van der Waals surface area contributed by atoms with Gasteiger partial charge in [-0.25, -0.2) is 0 Å². The van der Waals surface area contributed by atoms with Crippen molar-refractivity contribution in [2.24, 2.45) is 5.41 Å². The van der Waals surface area contributed by atoms with Gasteiger partial charge in [-0.2, -0.15) is 0 Å². The van der Waals surface area contributed by atoms with Crippen molar-refractivity contribution < 1.29 is 64.0 Å². The zero-order valence-corrected chi connectivity index (χ0v) is 21.0. The lowest BCUT2D eigenvalue weighted by Crippen LogP contribution is -2.69. The highest BCUT2D eigenvalue weighted by molar-refractivity contribution is 7.38. The molecule has 0 saturated heterocycles. The minimum Gasteiger partial charge on any atom is -0.395 e. The summed E-state index contributed by atoms with van der Waals surface area (Å²) < 4.78 is 16.5. The van der Waals surface area contributed by atoms with Gasteiger partial charge in [-0.05, 0) is 26.2 Å². The first-order valence-electron chi connectivity index (χ1n) is 10.1. The molecule has 13 nitrogen and oxygen atoms in total. The molecule has 15 heteroatoms. The average Bonchev–Trinajstić information content (AvgIpc) is 2.69. The van der Waals surface area contributed by atoms with Crippen LogP contribution in [0.2, 0.25) is 0 Å². The Hall–Kier alpha value is 0.340. The molecule has 0 fully saturated rings. The number of unbranched alkanes of at least 4 members (excludes halogenated alkanes) is 2. The highest BCUT2D eigenvalue weighted by Gasteiger charge is 2.65. The monoisotopic (exact) mass is 516 g/mol. The van der Waals surface area contributed by atoms with Gasteiger partial charge in [0, 0.05) is 6.61 Å². The Bertz CT molecular complexity index is 392. The van der Waals surface area contributed by atoms with Crippen molar-refractivity contribution in [3.05, 3.63) is 0 Å². The maximum atomic E-state index is 11.1. The Balaban J connectivity index is -0.000000896. The predicted octanol–water partition coefficient (Wildman–Crippen LogP) is -0.248. The molecular formula is C17H42O13P2. The first-order chi connectivity index (χ1) is 14.8. The summed E-state index contributed by atoms with van der Waals surface area (Å²) in [6, 6.07) is 0. The number of hydrogen-bond acceptors (Lipinski definition) is 13. The normalized spacial score (nSPS) is 13.9. The summed E-state index contributed by atoms with van der Waals surface area (Å²) in [7, 11) is -5.24. The molecule has 0 aromatic rings. The van der Waals surface area contributed by atoms with E-state index in [2.05, 4.69) is 0 Å². The maximum Gasteiger partial charge on any atom is 0.324 e. The van der Waals surface area contributed by atoms with Crippen LogP contribution in [0.25, 0.3) is 0 Å². The molecule has 0 saturated carbocycles. The molecule has 198 valence electrons. The smallest absolute Gasteiger partial charge is 0.324 e. The molecule has 0 aliphatic heterocycles. The van der Waals surface area contributed by atoms with E-state index in [9.17, 15) is 20.4 Å². The van der Waals surface area contributed by atoms with Crippen molar-refractivity contribution in [2.75, 3.05) is 33.0 Å². The van der Waals surface area contributed by atoms with Crippen molar-refractivity contribution in [2.45, 2.75) is 71.6 Å². The Morgan fingerprint density at radius 2 is 1.00 bits per heavy atom. The minimum absolute atomic E-state index is 0.0263. The van der Waals surface area contributed by atoms with Crippen molar-refractivity contribution >= 4 is 17.2 Å². The maximum absolute atomic E-state index is 11.1. The first-order valence-corrected chi connectivity index (χ1v) is 12.5. The molecular weight excluding hydrogens is 474 g/mol. The fraction of sp³-hybridized carbons (Fsp3) is 1.00. The second-order valence-electron chi connectivity index (χ2n) is 6.49. The van der Waals surface area contributed by atoms with Crippen molar-refractivity contribution in [3.63, 3.8) is 0 Å². The molecule has 10 N–H and O–H groups in total. The van der Waals surface area contributed by atoms with E-state index in [1.54, 1.807) is 13.8 Å². The zero-order valence-electron chi connectivity index (χ0n) is 19.2. The van der Waals surface area contributed by atoms with Crippen LogP contribution in [-0.4, -0.2) is 94.6 Å². The summed E-state index contributed by atoms with van der Waals surface area (Å²) >= 11 is 0. The topological polar surface area (TPSA) is 230 Å². The summed E-state index contributed by atoms with van der Waals surface area (Å²) in [4.78, 5) is 43.4. The van der Waals surface area contributed by atoms with E-state index in [0.29, 0.717) is 12.8 Å². The average molecular weight is 516 g/mol. The molecule has 1 atom stereocenters. The van der Waals surface area contributed by atoms with E-state index in [1.165, 1.54) is 0 Å². The molecule has 0 spiro atoms. The van der Waals surface area contributed by atoms with Crippen LogP contribution in [0.3, 0.4) is 0 Å². The zero-order chi connectivity index (χ0) is 25.8. The van der Waals surface area contributed by atoms with E-state index in [1.807, 2.05) is 13.8 Å². The summed E-state index contributed by atoms with van der Waals surface area (Å²) in [5, 5.41) is 42.0. The Morgan fingerprint density at radius 3 is 1.22 bits per heavy atom. The molecule has 0 aliphatic rings. The third-order valence-electron chi connectivity index (χ3n) is 4.35. The molecule has 0 aliphatic carbocycles. The lowest BCUT2D eigenvalue weighted by Gasteiger charge is -2.51. The molecule has 0 amide bonds. The largest absolute Gasteiger partial charge is 0.395 e. The van der Waals surface area contributed by atoms with Gasteiger partial charge < -0.3 is 64.0 Å². The van der Waals surface area contributed by atoms with Gasteiger partial charge in [-0.15, -0.1) is 0 Å². The van der Waals surface area contributed by atoms with Gasteiger partial charge in [0.1, 0.15) is 0 Å². The standard InChI is InChI=1S/C17H36O7.2H3O3P/c1-5-9-11-23-17(21,24-12-10-6-2)15(13-18,14-19)16(20,7-3)22-8-4;2*1-4(2)3/h18-21H,5-14H2,1-4H3;2*1-3H. The van der Waals surface area contributed by atoms with Gasteiger partial charge in [0.2, 0.25) is 0 Å². The van der Waals surface area contributed by atoms with E-state index in [4.69, 9.17) is 43.6 Å². The van der Waals surface area contributed by atoms with E-state index >= 15 is 0 Å². The summed E-state index contributed by atoms with van der Waals surface area (Å²) in [6.45, 7) is 6.14. The van der Waals surface area contributed by atoms with Crippen molar-refractivity contribution in [1.29, 1.82) is 0 Å². The molecule has 0 rings (SSSR count). The van der Waals surface area contributed by atoms with Crippen LogP contribution in [-0.2, 0) is 14.2 Å². The highest BCUT2D eigenvalue weighted by atomic mass is 31.2. The molecule has 0 bridgehead atoms. The van der Waals surface area contributed by atoms with E-state index in [0.717, 1.165) is 12.8 Å². The minimum atomic E-state index is -2.62. The van der Waals surface area contributed by atoms with Crippen LogP contribution in [0, 0.1) is 5.41 Å². The fourth-order valence-corrected chi connectivity index (χ4v) is 2.59. The Morgan fingerprint density at radius 1 is 0.656 bits per heavy atom. The quantitative estimate of drug-likeness (QED) is 0.0770. The van der Waals surface area contributed by atoms with Gasteiger partial charge in [-0.3, -0.25) is 0 Å². The van der Waals surface area contributed by atoms with Gasteiger partial charge in [-0.1, -0.05) is 33.6 Å². The summed E-state index contributed by atoms with van der Waals surface area (Å²) in [6.07, 6.45) is 3.01. The molecule has 0 radical (unpaired) electrons. The lowest BCUT2D eigenvalue weighted by atomic mass is 9.76. The predicted molar refractivity (Wildman–Crippen MR) is 117 cm³/mol. The van der Waals surface area contributed by atoms with Crippen LogP contribution in [0.15, 0.2) is 0 Å². The summed E-state index contributed by atoms with van der Waals surface area (Å²) in [5.74, 6) is -4.39. The molecule has 1 unspecified atom stereocenters. The molecule has 0 aromatic carbocycles. The number of aliphatic hydroxyl groups excluding tert-OH is 2. The third kappa shape index (κ3) is 13.9. The van der Waals surface area contributed by atoms with Crippen molar-refractivity contribution in [3.8, 4) is 0 Å². The third-order valence-corrected chi connectivity index (χ3v) is 4.35. The number of hydrogen-bond donors (Lipinski definition) is 10. The first kappa shape index (κ1) is 36.9. The van der Waals surface area contributed by atoms with E-state index < -0.39 is 47.6 Å². The number of rotatable bonds is 15. The number of ether oxygens (including phenoxy) is 3. The number of aliphatic hydroxyl groups is 4. The van der Waals surface area contributed by atoms with Crippen LogP contribution in [0.1, 0.15) is 59.8 Å². The molecule has 0 aromatic heterocycles. The Labute approximate surface area is 191 Å².